The standard InChI is InChI=1S/C14H17FN2O2/c15-10-6-2-1-4-8(10)14(18)17-12-11(16)9-5-3-7-19-13(9)12/h1-2,4,6,9,11-13H,3,5,7,16H2,(H,17,18). The number of benzene rings is 1. The van der Waals surface area contributed by atoms with Gasteiger partial charge in [-0.2, -0.15) is 0 Å². The first kappa shape index (κ1) is 12.6. The van der Waals surface area contributed by atoms with E-state index in [-0.39, 0.29) is 23.8 Å². The van der Waals surface area contributed by atoms with Gasteiger partial charge in [0, 0.05) is 18.6 Å². The van der Waals surface area contributed by atoms with Crippen molar-refractivity contribution in [2.45, 2.75) is 31.0 Å². The van der Waals surface area contributed by atoms with Crippen LogP contribution >= 0.6 is 0 Å². The maximum absolute atomic E-state index is 13.5. The third kappa shape index (κ3) is 2.13. The van der Waals surface area contributed by atoms with Crippen LogP contribution in [0.1, 0.15) is 23.2 Å². The van der Waals surface area contributed by atoms with Gasteiger partial charge in [-0.1, -0.05) is 12.1 Å². The minimum atomic E-state index is -0.519. The number of ether oxygens (including phenoxy) is 1. The molecule has 102 valence electrons. The first-order valence-electron chi connectivity index (χ1n) is 6.61. The molecule has 2 aliphatic rings. The number of rotatable bonds is 2. The molecule has 1 aliphatic carbocycles. The van der Waals surface area contributed by atoms with Gasteiger partial charge in [-0.25, -0.2) is 4.39 Å². The Morgan fingerprint density at radius 3 is 3.00 bits per heavy atom. The normalized spacial score (nSPS) is 33.2. The third-order valence-corrected chi connectivity index (χ3v) is 4.09. The minimum absolute atomic E-state index is 0.0144. The van der Waals surface area contributed by atoms with Crippen molar-refractivity contribution in [3.63, 3.8) is 0 Å². The predicted molar refractivity (Wildman–Crippen MR) is 68.1 cm³/mol. The molecule has 4 atom stereocenters. The summed E-state index contributed by atoms with van der Waals surface area (Å²) in [5, 5.41) is 2.79. The van der Waals surface area contributed by atoms with Crippen LogP contribution in [0.25, 0.3) is 0 Å². The summed E-state index contributed by atoms with van der Waals surface area (Å²) in [6, 6.07) is 5.63. The Kier molecular flexibility index (Phi) is 3.24. The van der Waals surface area contributed by atoms with E-state index < -0.39 is 11.7 Å². The van der Waals surface area contributed by atoms with Crippen LogP contribution in [0.2, 0.25) is 0 Å². The lowest BCUT2D eigenvalue weighted by Gasteiger charge is -2.52. The van der Waals surface area contributed by atoms with Gasteiger partial charge in [0.2, 0.25) is 0 Å². The highest BCUT2D eigenvalue weighted by atomic mass is 19.1. The van der Waals surface area contributed by atoms with Crippen LogP contribution in [0.4, 0.5) is 4.39 Å². The number of halogens is 1. The maximum Gasteiger partial charge on any atom is 0.254 e. The number of hydrogen-bond donors (Lipinski definition) is 2. The van der Waals surface area contributed by atoms with Crippen molar-refractivity contribution in [1.29, 1.82) is 0 Å². The molecule has 3 rings (SSSR count). The van der Waals surface area contributed by atoms with Crippen LogP contribution in [0.15, 0.2) is 24.3 Å². The lowest BCUT2D eigenvalue weighted by atomic mass is 9.68. The zero-order valence-electron chi connectivity index (χ0n) is 10.5. The van der Waals surface area contributed by atoms with Gasteiger partial charge in [0.1, 0.15) is 5.82 Å². The van der Waals surface area contributed by atoms with Crippen LogP contribution in [0.3, 0.4) is 0 Å². The quantitative estimate of drug-likeness (QED) is 0.839. The summed E-state index contributed by atoms with van der Waals surface area (Å²) in [7, 11) is 0. The van der Waals surface area contributed by atoms with Gasteiger partial charge in [-0.05, 0) is 25.0 Å². The van der Waals surface area contributed by atoms with Crippen LogP contribution in [-0.2, 0) is 4.74 Å². The van der Waals surface area contributed by atoms with E-state index in [4.69, 9.17) is 10.5 Å². The average Bonchev–Trinajstić information content (AvgIpc) is 2.44. The molecule has 0 radical (unpaired) electrons. The van der Waals surface area contributed by atoms with E-state index in [1.54, 1.807) is 12.1 Å². The number of hydrogen-bond acceptors (Lipinski definition) is 3. The molecule has 1 heterocycles. The van der Waals surface area contributed by atoms with Gasteiger partial charge in [0.25, 0.3) is 5.91 Å². The van der Waals surface area contributed by atoms with E-state index in [1.807, 2.05) is 0 Å². The van der Waals surface area contributed by atoms with E-state index in [0.717, 1.165) is 12.8 Å². The van der Waals surface area contributed by atoms with Crippen molar-refractivity contribution < 1.29 is 13.9 Å². The molecule has 4 nitrogen and oxygen atoms in total. The molecule has 5 heteroatoms. The number of amides is 1. The Hall–Kier alpha value is -1.46. The summed E-state index contributed by atoms with van der Waals surface area (Å²) in [5.74, 6) is -0.625. The fourth-order valence-electron chi connectivity index (χ4n) is 3.00. The Morgan fingerprint density at radius 2 is 2.21 bits per heavy atom. The van der Waals surface area contributed by atoms with Crippen molar-refractivity contribution in [3.8, 4) is 0 Å². The van der Waals surface area contributed by atoms with Gasteiger partial charge >= 0.3 is 0 Å². The molecule has 1 saturated heterocycles. The molecule has 2 fully saturated rings. The highest BCUT2D eigenvalue weighted by Crippen LogP contribution is 2.37. The molecule has 19 heavy (non-hydrogen) atoms. The molecule has 1 aliphatic heterocycles. The van der Waals surface area contributed by atoms with Crippen molar-refractivity contribution >= 4 is 5.91 Å². The van der Waals surface area contributed by atoms with E-state index in [1.165, 1.54) is 12.1 Å². The Bertz CT molecular complexity index is 494. The topological polar surface area (TPSA) is 64.3 Å². The van der Waals surface area contributed by atoms with Crippen LogP contribution in [0.5, 0.6) is 0 Å². The molecular formula is C14H17FN2O2. The van der Waals surface area contributed by atoms with Crippen LogP contribution in [0, 0.1) is 11.7 Å². The summed E-state index contributed by atoms with van der Waals surface area (Å²) in [6.07, 6.45) is 2.04. The fourth-order valence-corrected chi connectivity index (χ4v) is 3.00. The molecule has 3 N–H and O–H groups in total. The lowest BCUT2D eigenvalue weighted by molar-refractivity contribution is -0.117. The number of carbonyl (C=O) groups is 1. The third-order valence-electron chi connectivity index (χ3n) is 4.09. The summed E-state index contributed by atoms with van der Waals surface area (Å²) in [4.78, 5) is 12.0. The van der Waals surface area contributed by atoms with Gasteiger partial charge in [0.15, 0.2) is 0 Å². The molecule has 1 aromatic carbocycles. The number of fused-ring (bicyclic) bond motifs is 1. The second-order valence-electron chi connectivity index (χ2n) is 5.20. The van der Waals surface area contributed by atoms with Gasteiger partial charge < -0.3 is 15.8 Å². The van der Waals surface area contributed by atoms with Crippen molar-refractivity contribution in [3.05, 3.63) is 35.6 Å². The lowest BCUT2D eigenvalue weighted by Crippen LogP contribution is -2.72. The van der Waals surface area contributed by atoms with E-state index >= 15 is 0 Å². The van der Waals surface area contributed by atoms with E-state index in [0.29, 0.717) is 12.5 Å². The maximum atomic E-state index is 13.5. The second kappa shape index (κ2) is 4.90. The van der Waals surface area contributed by atoms with E-state index in [2.05, 4.69) is 5.32 Å². The van der Waals surface area contributed by atoms with Gasteiger partial charge in [0.05, 0.1) is 17.7 Å². The molecule has 1 saturated carbocycles. The number of carbonyl (C=O) groups excluding carboxylic acids is 1. The molecule has 0 spiro atoms. The molecule has 0 bridgehead atoms. The Labute approximate surface area is 111 Å². The van der Waals surface area contributed by atoms with Gasteiger partial charge in [-0.15, -0.1) is 0 Å². The smallest absolute Gasteiger partial charge is 0.254 e. The molecule has 4 unspecified atom stereocenters. The van der Waals surface area contributed by atoms with Crippen LogP contribution in [-0.4, -0.2) is 30.7 Å². The summed E-state index contributed by atoms with van der Waals surface area (Å²) in [5.41, 5.74) is 6.10. The predicted octanol–water partition coefficient (Wildman–Crippen LogP) is 1.06. The highest BCUT2D eigenvalue weighted by molar-refractivity contribution is 5.94. The summed E-state index contributed by atoms with van der Waals surface area (Å²) >= 11 is 0. The summed E-state index contributed by atoms with van der Waals surface area (Å²) < 4.78 is 19.2. The average molecular weight is 264 g/mol. The zero-order valence-corrected chi connectivity index (χ0v) is 10.5. The number of nitrogens with one attached hydrogen (secondary N) is 1. The SMILES string of the molecule is NC1C2CCCOC2C1NC(=O)c1ccccc1F. The zero-order chi connectivity index (χ0) is 13.4. The van der Waals surface area contributed by atoms with Crippen molar-refractivity contribution in [2.24, 2.45) is 11.7 Å². The van der Waals surface area contributed by atoms with E-state index in [9.17, 15) is 9.18 Å². The minimum Gasteiger partial charge on any atom is -0.376 e. The summed E-state index contributed by atoms with van der Waals surface area (Å²) in [6.45, 7) is 0.708. The Balaban J connectivity index is 1.69. The van der Waals surface area contributed by atoms with Crippen LogP contribution < -0.4 is 11.1 Å². The first-order chi connectivity index (χ1) is 9.18. The molecule has 1 amide bonds. The highest BCUT2D eigenvalue weighted by Gasteiger charge is 2.51. The first-order valence-corrected chi connectivity index (χ1v) is 6.61. The largest absolute Gasteiger partial charge is 0.376 e. The Morgan fingerprint density at radius 1 is 1.42 bits per heavy atom. The fraction of sp³-hybridized carbons (Fsp3) is 0.500. The van der Waals surface area contributed by atoms with Crippen molar-refractivity contribution in [1.82, 2.24) is 5.32 Å². The molecular weight excluding hydrogens is 247 g/mol. The monoisotopic (exact) mass is 264 g/mol. The van der Waals surface area contributed by atoms with Crippen molar-refractivity contribution in [2.75, 3.05) is 6.61 Å². The van der Waals surface area contributed by atoms with Gasteiger partial charge in [-0.3, -0.25) is 4.79 Å². The number of nitrogens with two attached hydrogens (primary N) is 1. The molecule has 1 aromatic rings. The second-order valence-corrected chi connectivity index (χ2v) is 5.20. The molecule has 0 aromatic heterocycles.